The third-order valence-electron chi connectivity index (χ3n) is 3.10. The SMILES string of the molecule is COC(=O)C1=C(O)N2CCCC2S(=O)(=O)N1C. The molecule has 0 radical (unpaired) electrons. The van der Waals surface area contributed by atoms with E-state index < -0.39 is 21.4 Å². The van der Waals surface area contributed by atoms with Gasteiger partial charge in [-0.1, -0.05) is 0 Å². The number of aliphatic hydroxyl groups excluding tert-OH is 1. The Morgan fingerprint density at radius 3 is 2.76 bits per heavy atom. The van der Waals surface area contributed by atoms with Gasteiger partial charge in [-0.15, -0.1) is 0 Å². The van der Waals surface area contributed by atoms with E-state index in [9.17, 15) is 18.3 Å². The molecule has 1 fully saturated rings. The van der Waals surface area contributed by atoms with E-state index in [1.54, 1.807) is 0 Å². The molecule has 7 nitrogen and oxygen atoms in total. The maximum Gasteiger partial charge on any atom is 0.360 e. The van der Waals surface area contributed by atoms with E-state index in [2.05, 4.69) is 4.74 Å². The van der Waals surface area contributed by atoms with Crippen molar-refractivity contribution >= 4 is 16.0 Å². The Hall–Kier alpha value is -1.44. The highest BCUT2D eigenvalue weighted by molar-refractivity contribution is 7.89. The monoisotopic (exact) mass is 262 g/mol. The highest BCUT2D eigenvalue weighted by Gasteiger charge is 2.47. The molecule has 0 saturated carbocycles. The van der Waals surface area contributed by atoms with Crippen molar-refractivity contribution in [3.05, 3.63) is 11.6 Å². The zero-order valence-electron chi connectivity index (χ0n) is 9.58. The minimum absolute atomic E-state index is 0.323. The highest BCUT2D eigenvalue weighted by Crippen LogP contribution is 2.34. The van der Waals surface area contributed by atoms with Crippen LogP contribution in [-0.2, 0) is 19.6 Å². The zero-order chi connectivity index (χ0) is 12.8. The first-order valence-electron chi connectivity index (χ1n) is 5.17. The number of methoxy groups -OCH3 is 1. The maximum atomic E-state index is 12.1. The standard InChI is InChI=1S/C9H14N2O5S/c1-10-7(9(13)16-2)8(12)11-5-3-4-6(11)17(10,14)15/h6,12H,3-5H2,1-2H3. The van der Waals surface area contributed by atoms with E-state index in [4.69, 9.17) is 0 Å². The second kappa shape index (κ2) is 3.80. The van der Waals surface area contributed by atoms with Crippen molar-refractivity contribution in [2.45, 2.75) is 18.2 Å². The molecule has 2 rings (SSSR count). The van der Waals surface area contributed by atoms with Gasteiger partial charge in [0.2, 0.25) is 5.88 Å². The van der Waals surface area contributed by atoms with Crippen LogP contribution in [0.2, 0.25) is 0 Å². The van der Waals surface area contributed by atoms with Crippen molar-refractivity contribution < 1.29 is 23.1 Å². The predicted octanol–water partition coefficient (Wildman–Crippen LogP) is -0.416. The molecule has 0 aromatic carbocycles. The number of ether oxygens (including phenoxy) is 1. The normalized spacial score (nSPS) is 27.1. The maximum absolute atomic E-state index is 12.1. The van der Waals surface area contributed by atoms with Gasteiger partial charge in [0.15, 0.2) is 11.1 Å². The fourth-order valence-electron chi connectivity index (χ4n) is 2.19. The Balaban J connectivity index is 2.57. The summed E-state index contributed by atoms with van der Waals surface area (Å²) in [7, 11) is -1.25. The molecule has 1 saturated heterocycles. The van der Waals surface area contributed by atoms with Crippen molar-refractivity contribution in [1.29, 1.82) is 0 Å². The number of carbonyl (C=O) groups is 1. The number of rotatable bonds is 1. The molecule has 1 unspecified atom stereocenters. The van der Waals surface area contributed by atoms with Crippen LogP contribution in [0, 0.1) is 0 Å². The average Bonchev–Trinajstić information content (AvgIpc) is 2.76. The predicted molar refractivity (Wildman–Crippen MR) is 58.1 cm³/mol. The third kappa shape index (κ3) is 1.54. The lowest BCUT2D eigenvalue weighted by Gasteiger charge is -2.36. The molecule has 8 heteroatoms. The van der Waals surface area contributed by atoms with E-state index >= 15 is 0 Å². The van der Waals surface area contributed by atoms with Crippen molar-refractivity contribution in [1.82, 2.24) is 9.21 Å². The van der Waals surface area contributed by atoms with Gasteiger partial charge in [0.1, 0.15) is 0 Å². The third-order valence-corrected chi connectivity index (χ3v) is 5.22. The summed E-state index contributed by atoms with van der Waals surface area (Å²) in [4.78, 5) is 12.8. The van der Waals surface area contributed by atoms with E-state index in [1.165, 1.54) is 11.9 Å². The van der Waals surface area contributed by atoms with Crippen LogP contribution in [0.1, 0.15) is 12.8 Å². The van der Waals surface area contributed by atoms with Crippen LogP contribution in [0.15, 0.2) is 11.6 Å². The van der Waals surface area contributed by atoms with Crippen LogP contribution in [-0.4, -0.2) is 54.8 Å². The molecule has 0 aromatic heterocycles. The Morgan fingerprint density at radius 1 is 1.53 bits per heavy atom. The number of sulfonamides is 1. The van der Waals surface area contributed by atoms with Gasteiger partial charge in [-0.3, -0.25) is 4.31 Å². The Labute approximate surface area is 99.3 Å². The molecule has 1 atom stereocenters. The number of hydrogen-bond acceptors (Lipinski definition) is 6. The van der Waals surface area contributed by atoms with Crippen molar-refractivity contribution in [3.8, 4) is 0 Å². The van der Waals surface area contributed by atoms with Crippen molar-refractivity contribution in [2.24, 2.45) is 0 Å². The van der Waals surface area contributed by atoms with E-state index in [0.717, 1.165) is 11.4 Å². The summed E-state index contributed by atoms with van der Waals surface area (Å²) in [6.45, 7) is 0.421. The first kappa shape index (κ1) is 12.0. The van der Waals surface area contributed by atoms with Crippen LogP contribution < -0.4 is 0 Å². The molecule has 0 aliphatic carbocycles. The number of aliphatic hydroxyl groups is 1. The Bertz CT molecular complexity index is 484. The smallest absolute Gasteiger partial charge is 0.360 e. The quantitative estimate of drug-likeness (QED) is 0.646. The summed E-state index contributed by atoms with van der Waals surface area (Å²) >= 11 is 0. The first-order valence-corrected chi connectivity index (χ1v) is 6.67. The summed E-state index contributed by atoms with van der Waals surface area (Å²) in [6.07, 6.45) is 1.11. The summed E-state index contributed by atoms with van der Waals surface area (Å²) in [5.41, 5.74) is -0.328. The lowest BCUT2D eigenvalue weighted by atomic mass is 10.4. The lowest BCUT2D eigenvalue weighted by Crippen LogP contribution is -2.50. The molecule has 0 bridgehead atoms. The van der Waals surface area contributed by atoms with Gasteiger partial charge in [-0.25, -0.2) is 13.2 Å². The van der Waals surface area contributed by atoms with Crippen molar-refractivity contribution in [3.63, 3.8) is 0 Å². The number of carbonyl (C=O) groups excluding carboxylic acids is 1. The van der Waals surface area contributed by atoms with E-state index in [0.29, 0.717) is 19.4 Å². The molecule has 96 valence electrons. The summed E-state index contributed by atoms with van der Waals surface area (Å²) in [6, 6.07) is 0. The van der Waals surface area contributed by atoms with Crippen LogP contribution in [0.4, 0.5) is 0 Å². The van der Waals surface area contributed by atoms with Crippen LogP contribution in [0.25, 0.3) is 0 Å². The lowest BCUT2D eigenvalue weighted by molar-refractivity contribution is -0.137. The highest BCUT2D eigenvalue weighted by atomic mass is 32.2. The molecular weight excluding hydrogens is 248 g/mol. The zero-order valence-corrected chi connectivity index (χ0v) is 10.4. The Kier molecular flexibility index (Phi) is 2.69. The van der Waals surface area contributed by atoms with E-state index in [1.807, 2.05) is 0 Å². The summed E-state index contributed by atoms with van der Waals surface area (Å²) in [5.74, 6) is -1.18. The largest absolute Gasteiger partial charge is 0.493 e. The minimum atomic E-state index is -3.64. The summed E-state index contributed by atoms with van der Waals surface area (Å²) < 4.78 is 29.5. The first-order chi connectivity index (χ1) is 7.91. The molecule has 17 heavy (non-hydrogen) atoms. The molecule has 2 heterocycles. The van der Waals surface area contributed by atoms with Crippen LogP contribution >= 0.6 is 0 Å². The number of nitrogens with zero attached hydrogens (tertiary/aromatic N) is 2. The minimum Gasteiger partial charge on any atom is -0.493 e. The van der Waals surface area contributed by atoms with Crippen LogP contribution in [0.3, 0.4) is 0 Å². The molecule has 0 aromatic rings. The fraction of sp³-hybridized carbons (Fsp3) is 0.667. The number of esters is 1. The Morgan fingerprint density at radius 2 is 2.18 bits per heavy atom. The van der Waals surface area contributed by atoms with E-state index in [-0.39, 0.29) is 11.6 Å². The van der Waals surface area contributed by atoms with Gasteiger partial charge in [0.05, 0.1) is 7.11 Å². The fourth-order valence-corrected chi connectivity index (χ4v) is 3.96. The molecule has 2 aliphatic heterocycles. The van der Waals surface area contributed by atoms with Crippen LogP contribution in [0.5, 0.6) is 0 Å². The van der Waals surface area contributed by atoms with Crippen molar-refractivity contribution in [2.75, 3.05) is 20.7 Å². The average molecular weight is 262 g/mol. The summed E-state index contributed by atoms with van der Waals surface area (Å²) in [5, 5.41) is 9.16. The second-order valence-corrected chi connectivity index (χ2v) is 6.09. The number of likely N-dealkylation sites (N-methyl/N-ethyl adjacent to an activating group) is 1. The number of fused-ring (bicyclic) bond motifs is 1. The number of hydrogen-bond donors (Lipinski definition) is 1. The van der Waals surface area contributed by atoms with Gasteiger partial charge >= 0.3 is 5.97 Å². The topological polar surface area (TPSA) is 87.1 Å². The van der Waals surface area contributed by atoms with Gasteiger partial charge < -0.3 is 14.7 Å². The molecule has 0 spiro atoms. The van der Waals surface area contributed by atoms with Gasteiger partial charge in [-0.05, 0) is 12.8 Å². The molecular formula is C9H14N2O5S. The van der Waals surface area contributed by atoms with Gasteiger partial charge in [-0.2, -0.15) is 0 Å². The molecule has 0 amide bonds. The molecule has 2 aliphatic rings. The molecule has 1 N–H and O–H groups in total. The van der Waals surface area contributed by atoms with Gasteiger partial charge in [0, 0.05) is 13.6 Å². The second-order valence-electron chi connectivity index (χ2n) is 3.97. The van der Waals surface area contributed by atoms with Gasteiger partial charge in [0.25, 0.3) is 10.0 Å².